The van der Waals surface area contributed by atoms with Crippen LogP contribution in [0.5, 0.6) is 0 Å². The summed E-state index contributed by atoms with van der Waals surface area (Å²) in [6.07, 6.45) is 3.69. The van der Waals surface area contributed by atoms with E-state index < -0.39 is 10.4 Å². The van der Waals surface area contributed by atoms with E-state index in [0.717, 1.165) is 18.1 Å². The second-order valence-corrected chi connectivity index (χ2v) is 5.70. The number of amides is 1. The maximum atomic E-state index is 10.9. The normalized spacial score (nSPS) is 9.68. The number of unbranched alkanes of at least 4 members (excludes halogenated alkanes) is 1. The van der Waals surface area contributed by atoms with E-state index in [9.17, 15) is 13.2 Å². The van der Waals surface area contributed by atoms with Crippen LogP contribution in [0.15, 0.2) is 12.7 Å². The van der Waals surface area contributed by atoms with E-state index in [1.54, 1.807) is 0 Å². The molecule has 0 saturated heterocycles. The highest BCUT2D eigenvalue weighted by atomic mass is 79.9. The Balaban J connectivity index is -0.0000000933. The first-order chi connectivity index (χ1) is 8.58. The average molecular weight is 475 g/mol. The summed E-state index contributed by atoms with van der Waals surface area (Å²) < 4.78 is 30.5. The smallest absolute Gasteiger partial charge is 0.397 e. The predicted molar refractivity (Wildman–Crippen MR) is 89.0 cm³/mol. The summed E-state index contributed by atoms with van der Waals surface area (Å²) in [4.78, 5) is 10.9. The Kier molecular flexibility index (Phi) is 26.4. The first-order valence-corrected chi connectivity index (χ1v) is 7.19. The van der Waals surface area contributed by atoms with Gasteiger partial charge in [0, 0.05) is 0 Å². The highest BCUT2D eigenvalue weighted by Crippen LogP contribution is 1.99. The summed E-state index contributed by atoms with van der Waals surface area (Å²) in [7, 11) is 0.929. The number of nitrogens with zero attached hydrogens (tertiary/aromatic N) is 1. The quantitative estimate of drug-likeness (QED) is 0.175. The van der Waals surface area contributed by atoms with Gasteiger partial charge >= 0.3 is 10.4 Å². The molecule has 8 nitrogen and oxygen atoms in total. The van der Waals surface area contributed by atoms with Crippen molar-refractivity contribution in [1.29, 1.82) is 0 Å². The third kappa shape index (κ3) is 28.2. The summed E-state index contributed by atoms with van der Waals surface area (Å²) in [5.41, 5.74) is 0. The highest BCUT2D eigenvalue weighted by Gasteiger charge is 2.13. The Morgan fingerprint density at radius 2 is 1.82 bits per heavy atom. The van der Waals surface area contributed by atoms with Crippen LogP contribution in [0.3, 0.4) is 0 Å². The van der Waals surface area contributed by atoms with Crippen LogP contribution in [0.25, 0.3) is 0 Å². The van der Waals surface area contributed by atoms with Gasteiger partial charge in [0.25, 0.3) is 0 Å². The molecule has 0 bridgehead atoms. The van der Waals surface area contributed by atoms with Crippen LogP contribution >= 0.6 is 17.0 Å². The van der Waals surface area contributed by atoms with Crippen LogP contribution in [0.2, 0.25) is 0 Å². The molecular weight excluding hydrogens is 446 g/mol. The van der Waals surface area contributed by atoms with Gasteiger partial charge in [0.2, 0.25) is 5.91 Å². The van der Waals surface area contributed by atoms with E-state index in [2.05, 4.69) is 37.1 Å². The lowest BCUT2D eigenvalue weighted by atomic mass is 10.3. The fourth-order valence-corrected chi connectivity index (χ4v) is 1.03. The van der Waals surface area contributed by atoms with E-state index in [4.69, 9.17) is 4.55 Å². The van der Waals surface area contributed by atoms with Gasteiger partial charge in [-0.05, 0) is 12.5 Å². The van der Waals surface area contributed by atoms with Gasteiger partial charge in [-0.25, -0.2) is 0 Å². The second-order valence-electron chi connectivity index (χ2n) is 4.51. The number of carbonyl (C=O) groups is 1. The molecule has 5 N–H and O–H groups in total. The lowest BCUT2D eigenvalue weighted by Gasteiger charge is -2.29. The highest BCUT2D eigenvalue weighted by molar-refractivity contribution is 8.93. The van der Waals surface area contributed by atoms with Crippen molar-refractivity contribution in [3.8, 4) is 0 Å². The zero-order valence-corrected chi connectivity index (χ0v) is 17.7. The molecule has 0 aromatic heterocycles. The largest absolute Gasteiger partial charge is 1.00 e. The van der Waals surface area contributed by atoms with Crippen LogP contribution in [0, 0.1) is 0 Å². The topological polar surface area (TPSA) is 128 Å². The summed E-state index contributed by atoms with van der Waals surface area (Å²) in [6, 6.07) is 0. The van der Waals surface area contributed by atoms with Crippen molar-refractivity contribution >= 4 is 33.3 Å². The standard InChI is InChI=1S/C10H20N2O.CH4O4S.2BrH.H3N/c1-5-7-8-12(3,4)9-11-10(13)6-2;1-5-6(2,3)4;;;/h6H,2,5,7-9H2,1,3-4H3;1H3,(H,2,3,4);2*1H;1H3. The molecule has 0 radical (unpaired) electrons. The number of hydrogen-bond acceptors (Lipinski definition) is 5. The van der Waals surface area contributed by atoms with E-state index in [1.165, 1.54) is 18.9 Å². The van der Waals surface area contributed by atoms with Gasteiger partial charge in [-0.3, -0.25) is 13.5 Å². The monoisotopic (exact) mass is 473 g/mol. The van der Waals surface area contributed by atoms with E-state index in [-0.39, 0.29) is 46.0 Å². The molecule has 0 aromatic rings. The van der Waals surface area contributed by atoms with Gasteiger partial charge in [-0.2, -0.15) is 8.42 Å². The Bertz CT molecular complexity index is 378. The molecular formula is C11H29Br2N3O5S. The van der Waals surface area contributed by atoms with Crippen molar-refractivity contribution in [2.24, 2.45) is 0 Å². The van der Waals surface area contributed by atoms with E-state index in [0.29, 0.717) is 6.67 Å². The number of carbonyl (C=O) groups excluding carboxylic acids is 1. The van der Waals surface area contributed by atoms with Gasteiger partial charge in [0.1, 0.15) is 0 Å². The molecule has 0 unspecified atom stereocenters. The summed E-state index contributed by atoms with van der Waals surface area (Å²) in [5.74, 6) is -0.0947. The minimum absolute atomic E-state index is 0. The first-order valence-electron chi connectivity index (χ1n) is 5.83. The van der Waals surface area contributed by atoms with Crippen molar-refractivity contribution in [2.45, 2.75) is 19.8 Å². The Morgan fingerprint density at radius 3 is 2.09 bits per heavy atom. The zero-order valence-electron chi connectivity index (χ0n) is 13.5. The van der Waals surface area contributed by atoms with Crippen molar-refractivity contribution in [1.82, 2.24) is 11.5 Å². The van der Waals surface area contributed by atoms with Crippen molar-refractivity contribution in [3.63, 3.8) is 0 Å². The number of hydrogen-bond donors (Lipinski definition) is 3. The molecule has 0 fully saturated rings. The maximum Gasteiger partial charge on any atom is 0.397 e. The second kappa shape index (κ2) is 17.3. The molecule has 0 spiro atoms. The SMILES string of the molecule is Br.C=CC(=O)NC[N+](C)(C)CCCC.COS(=O)(=O)O.N.[Br-]. The predicted octanol–water partition coefficient (Wildman–Crippen LogP) is -1.70. The third-order valence-corrected chi connectivity index (χ3v) is 2.62. The van der Waals surface area contributed by atoms with Crippen molar-refractivity contribution in [3.05, 3.63) is 12.7 Å². The molecule has 22 heavy (non-hydrogen) atoms. The Hall–Kier alpha value is -0.0400. The first kappa shape index (κ1) is 33.5. The lowest BCUT2D eigenvalue weighted by molar-refractivity contribution is -0.892. The lowest BCUT2D eigenvalue weighted by Crippen LogP contribution is -3.00. The molecule has 138 valence electrons. The minimum Gasteiger partial charge on any atom is -1.00 e. The molecule has 0 aliphatic carbocycles. The van der Waals surface area contributed by atoms with Crippen LogP contribution < -0.4 is 28.4 Å². The summed E-state index contributed by atoms with van der Waals surface area (Å²) >= 11 is 0. The van der Waals surface area contributed by atoms with Crippen LogP contribution in [0.4, 0.5) is 0 Å². The third-order valence-electron chi connectivity index (χ3n) is 2.19. The van der Waals surface area contributed by atoms with Gasteiger partial charge in [-0.15, -0.1) is 17.0 Å². The maximum absolute atomic E-state index is 10.9. The molecule has 1 amide bonds. The van der Waals surface area contributed by atoms with Crippen LogP contribution in [-0.2, 0) is 19.4 Å². The molecule has 0 atom stereocenters. The minimum atomic E-state index is -4.16. The summed E-state index contributed by atoms with van der Waals surface area (Å²) in [5, 5.41) is 2.80. The summed E-state index contributed by atoms with van der Waals surface area (Å²) in [6.45, 7) is 7.34. The Labute approximate surface area is 154 Å². The zero-order chi connectivity index (χ0) is 15.5. The number of quaternary nitrogens is 1. The van der Waals surface area contributed by atoms with Crippen molar-refractivity contribution in [2.75, 3.05) is 34.4 Å². The fourth-order valence-electron chi connectivity index (χ4n) is 1.03. The van der Waals surface area contributed by atoms with Gasteiger partial charge in [0.15, 0.2) is 6.67 Å². The molecule has 0 aromatic carbocycles. The van der Waals surface area contributed by atoms with Gasteiger partial charge < -0.3 is 32.9 Å². The molecule has 0 aliphatic rings. The van der Waals surface area contributed by atoms with Crippen LogP contribution in [-0.4, -0.2) is 57.8 Å². The number of rotatable bonds is 7. The van der Waals surface area contributed by atoms with E-state index >= 15 is 0 Å². The number of nitrogens with one attached hydrogen (secondary N) is 1. The molecule has 0 rings (SSSR count). The van der Waals surface area contributed by atoms with Crippen molar-refractivity contribution < 1.29 is 43.4 Å². The van der Waals surface area contributed by atoms with E-state index in [1.807, 2.05) is 0 Å². The van der Waals surface area contributed by atoms with Crippen LogP contribution in [0.1, 0.15) is 19.8 Å². The molecule has 11 heteroatoms. The molecule has 0 heterocycles. The molecule has 0 aliphatic heterocycles. The van der Waals surface area contributed by atoms with Gasteiger partial charge in [0.05, 0.1) is 27.7 Å². The fraction of sp³-hybridized carbons (Fsp3) is 0.727. The average Bonchev–Trinajstić information content (AvgIpc) is 2.33. The molecule has 0 saturated carbocycles. The van der Waals surface area contributed by atoms with Gasteiger partial charge in [-0.1, -0.05) is 19.9 Å². The Morgan fingerprint density at radius 1 is 1.41 bits per heavy atom. The number of halogens is 2.